The van der Waals surface area contributed by atoms with Crippen LogP contribution in [0.5, 0.6) is 5.75 Å². The molecule has 2 aromatic carbocycles. The molecule has 0 saturated carbocycles. The van der Waals surface area contributed by atoms with Crippen LogP contribution in [0.2, 0.25) is 0 Å². The average Bonchev–Trinajstić information content (AvgIpc) is 3.20. The standard InChI is InChI=1S/C21H23N3O2S/c1-24(2)12-20(16-6-4-3-5-7-16)23-21(25)17-8-10-19(11-9-17)26-13-18-14-27-15-22-18/h3-11,14-15,20H,12-13H2,1-2H3,(H,23,25)/t20-/m0/s1. The summed E-state index contributed by atoms with van der Waals surface area (Å²) in [6, 6.07) is 17.1. The first-order chi connectivity index (χ1) is 13.1. The van der Waals surface area contributed by atoms with E-state index in [0.717, 1.165) is 17.8 Å². The summed E-state index contributed by atoms with van der Waals surface area (Å²) in [5, 5.41) is 5.08. The Balaban J connectivity index is 1.63. The third kappa shape index (κ3) is 5.64. The minimum atomic E-state index is -0.100. The Morgan fingerprint density at radius 1 is 1.15 bits per heavy atom. The lowest BCUT2D eigenvalue weighted by molar-refractivity contribution is 0.0930. The van der Waals surface area contributed by atoms with E-state index in [2.05, 4.69) is 15.2 Å². The highest BCUT2D eigenvalue weighted by Crippen LogP contribution is 2.17. The third-order valence-corrected chi connectivity index (χ3v) is 4.68. The molecule has 27 heavy (non-hydrogen) atoms. The summed E-state index contributed by atoms with van der Waals surface area (Å²) >= 11 is 1.54. The van der Waals surface area contributed by atoms with Crippen molar-refractivity contribution in [3.8, 4) is 5.75 Å². The second-order valence-electron chi connectivity index (χ2n) is 6.49. The van der Waals surface area contributed by atoms with Gasteiger partial charge in [0.2, 0.25) is 0 Å². The van der Waals surface area contributed by atoms with Gasteiger partial charge in [0.1, 0.15) is 12.4 Å². The summed E-state index contributed by atoms with van der Waals surface area (Å²) < 4.78 is 5.69. The molecular weight excluding hydrogens is 358 g/mol. The van der Waals surface area contributed by atoms with Gasteiger partial charge in [0.25, 0.3) is 5.91 Å². The van der Waals surface area contributed by atoms with Crippen molar-refractivity contribution >= 4 is 17.2 Å². The average molecular weight is 382 g/mol. The van der Waals surface area contributed by atoms with Crippen molar-refractivity contribution in [3.63, 3.8) is 0 Å². The molecule has 0 spiro atoms. The van der Waals surface area contributed by atoms with Crippen LogP contribution in [0, 0.1) is 0 Å². The number of likely N-dealkylation sites (N-methyl/N-ethyl adjacent to an activating group) is 1. The van der Waals surface area contributed by atoms with Crippen LogP contribution < -0.4 is 10.1 Å². The quantitative estimate of drug-likeness (QED) is 0.646. The van der Waals surface area contributed by atoms with Crippen LogP contribution in [-0.4, -0.2) is 36.4 Å². The molecule has 1 amide bonds. The smallest absolute Gasteiger partial charge is 0.251 e. The monoisotopic (exact) mass is 381 g/mol. The van der Waals surface area contributed by atoms with Crippen molar-refractivity contribution in [2.24, 2.45) is 0 Å². The van der Waals surface area contributed by atoms with Crippen LogP contribution in [0.15, 0.2) is 65.5 Å². The van der Waals surface area contributed by atoms with Crippen molar-refractivity contribution < 1.29 is 9.53 Å². The highest BCUT2D eigenvalue weighted by molar-refractivity contribution is 7.07. The molecule has 0 unspecified atom stereocenters. The van der Waals surface area contributed by atoms with Crippen LogP contribution in [0.25, 0.3) is 0 Å². The van der Waals surface area contributed by atoms with Crippen molar-refractivity contribution in [2.45, 2.75) is 12.6 Å². The predicted molar refractivity (Wildman–Crippen MR) is 108 cm³/mol. The van der Waals surface area contributed by atoms with Crippen LogP contribution in [0.4, 0.5) is 0 Å². The summed E-state index contributed by atoms with van der Waals surface area (Å²) in [7, 11) is 3.99. The summed E-state index contributed by atoms with van der Waals surface area (Å²) in [5.74, 6) is 0.615. The Morgan fingerprint density at radius 3 is 2.52 bits per heavy atom. The number of ether oxygens (including phenoxy) is 1. The lowest BCUT2D eigenvalue weighted by Crippen LogP contribution is -2.35. The van der Waals surface area contributed by atoms with Crippen LogP contribution in [0.3, 0.4) is 0 Å². The molecule has 1 N–H and O–H groups in total. The van der Waals surface area contributed by atoms with Gasteiger partial charge < -0.3 is 15.0 Å². The first-order valence-corrected chi connectivity index (χ1v) is 9.66. The number of amides is 1. The number of carbonyl (C=O) groups is 1. The van der Waals surface area contributed by atoms with Gasteiger partial charge in [0.15, 0.2) is 0 Å². The Kier molecular flexibility index (Phi) is 6.57. The zero-order valence-electron chi connectivity index (χ0n) is 15.5. The fourth-order valence-electron chi connectivity index (χ4n) is 2.70. The van der Waals surface area contributed by atoms with Gasteiger partial charge in [-0.25, -0.2) is 4.98 Å². The number of aromatic nitrogens is 1. The molecule has 1 heterocycles. The number of nitrogens with one attached hydrogen (secondary N) is 1. The van der Waals surface area contributed by atoms with Crippen molar-refractivity contribution in [3.05, 3.63) is 82.3 Å². The van der Waals surface area contributed by atoms with Gasteiger partial charge >= 0.3 is 0 Å². The summed E-state index contributed by atoms with van der Waals surface area (Å²) in [6.45, 7) is 1.15. The number of rotatable bonds is 8. The van der Waals surface area contributed by atoms with Crippen LogP contribution >= 0.6 is 11.3 Å². The maximum atomic E-state index is 12.7. The number of hydrogen-bond acceptors (Lipinski definition) is 5. The van der Waals surface area contributed by atoms with Crippen molar-refractivity contribution in [1.82, 2.24) is 15.2 Å². The Morgan fingerprint density at radius 2 is 1.89 bits per heavy atom. The SMILES string of the molecule is CN(C)C[C@H](NC(=O)c1ccc(OCc2cscn2)cc1)c1ccccc1. The van der Waals surface area contributed by atoms with E-state index >= 15 is 0 Å². The molecule has 3 rings (SSSR count). The summed E-state index contributed by atoms with van der Waals surface area (Å²) in [5.41, 5.74) is 4.37. The van der Waals surface area contributed by atoms with E-state index in [1.165, 1.54) is 0 Å². The lowest BCUT2D eigenvalue weighted by Gasteiger charge is -2.23. The first-order valence-electron chi connectivity index (χ1n) is 8.72. The second kappa shape index (κ2) is 9.30. The highest BCUT2D eigenvalue weighted by Gasteiger charge is 2.16. The van der Waals surface area contributed by atoms with Gasteiger partial charge in [-0.3, -0.25) is 4.79 Å². The fourth-order valence-corrected chi connectivity index (χ4v) is 3.24. The van der Waals surface area contributed by atoms with Gasteiger partial charge in [-0.2, -0.15) is 0 Å². The molecule has 0 aliphatic rings. The van der Waals surface area contributed by atoms with Crippen LogP contribution in [0.1, 0.15) is 27.7 Å². The Hall–Kier alpha value is -2.70. The second-order valence-corrected chi connectivity index (χ2v) is 7.21. The van der Waals surface area contributed by atoms with Gasteiger partial charge in [-0.1, -0.05) is 30.3 Å². The van der Waals surface area contributed by atoms with E-state index in [-0.39, 0.29) is 11.9 Å². The molecule has 3 aromatic rings. The van der Waals surface area contributed by atoms with Gasteiger partial charge in [-0.15, -0.1) is 11.3 Å². The number of carbonyl (C=O) groups excluding carboxylic acids is 1. The zero-order chi connectivity index (χ0) is 19.1. The van der Waals surface area contributed by atoms with Crippen molar-refractivity contribution in [2.75, 3.05) is 20.6 Å². The van der Waals surface area contributed by atoms with E-state index in [4.69, 9.17) is 4.74 Å². The number of benzene rings is 2. The summed E-state index contributed by atoms with van der Waals surface area (Å²) in [4.78, 5) is 18.9. The minimum absolute atomic E-state index is 0.0747. The maximum Gasteiger partial charge on any atom is 0.251 e. The molecule has 0 bridgehead atoms. The van der Waals surface area contributed by atoms with E-state index in [0.29, 0.717) is 17.9 Å². The molecule has 1 atom stereocenters. The van der Waals surface area contributed by atoms with Gasteiger partial charge in [0, 0.05) is 17.5 Å². The Labute approximate surface area is 163 Å². The molecule has 0 aliphatic carbocycles. The topological polar surface area (TPSA) is 54.5 Å². The van der Waals surface area contributed by atoms with Crippen molar-refractivity contribution in [1.29, 1.82) is 0 Å². The van der Waals surface area contributed by atoms with Crippen LogP contribution in [-0.2, 0) is 6.61 Å². The van der Waals surface area contributed by atoms with E-state index < -0.39 is 0 Å². The predicted octanol–water partition coefficient (Wildman–Crippen LogP) is 3.75. The van der Waals surface area contributed by atoms with Gasteiger partial charge in [-0.05, 0) is 43.9 Å². The van der Waals surface area contributed by atoms with E-state index in [1.807, 2.05) is 61.9 Å². The molecule has 6 heteroatoms. The number of thiazole rings is 1. The molecule has 0 radical (unpaired) electrons. The molecule has 0 aliphatic heterocycles. The van der Waals surface area contributed by atoms with Gasteiger partial charge in [0.05, 0.1) is 17.2 Å². The summed E-state index contributed by atoms with van der Waals surface area (Å²) in [6.07, 6.45) is 0. The molecule has 1 aromatic heterocycles. The van der Waals surface area contributed by atoms with E-state index in [9.17, 15) is 4.79 Å². The third-order valence-electron chi connectivity index (χ3n) is 4.04. The number of nitrogens with zero attached hydrogens (tertiary/aromatic N) is 2. The fraction of sp³-hybridized carbons (Fsp3) is 0.238. The molecule has 140 valence electrons. The highest BCUT2D eigenvalue weighted by atomic mass is 32.1. The number of hydrogen-bond donors (Lipinski definition) is 1. The zero-order valence-corrected chi connectivity index (χ0v) is 16.3. The largest absolute Gasteiger partial charge is 0.487 e. The maximum absolute atomic E-state index is 12.7. The molecule has 5 nitrogen and oxygen atoms in total. The normalized spacial score (nSPS) is 12.0. The minimum Gasteiger partial charge on any atom is -0.487 e. The van der Waals surface area contributed by atoms with E-state index in [1.54, 1.807) is 29.0 Å². The molecule has 0 fully saturated rings. The molecular formula is C21H23N3O2S. The molecule has 0 saturated heterocycles. The lowest BCUT2D eigenvalue weighted by atomic mass is 10.1. The first kappa shape index (κ1) is 19.1. The Bertz CT molecular complexity index is 834.